The number of rotatable bonds is 4. The molecule has 8 heteroatoms. The Bertz CT molecular complexity index is 907. The van der Waals surface area contributed by atoms with Gasteiger partial charge in [-0.05, 0) is 57.1 Å². The summed E-state index contributed by atoms with van der Waals surface area (Å²) in [5, 5.41) is 24.4. The van der Waals surface area contributed by atoms with Crippen molar-refractivity contribution in [2.45, 2.75) is 81.5 Å². The fourth-order valence-electron chi connectivity index (χ4n) is 7.17. The largest absolute Gasteiger partial charge is 0.465 e. The minimum atomic E-state index is -0.993. The predicted octanol–water partition coefficient (Wildman–Crippen LogP) is 3.36. The lowest BCUT2D eigenvalue weighted by Crippen LogP contribution is -2.69. The van der Waals surface area contributed by atoms with Crippen LogP contribution in [0.5, 0.6) is 0 Å². The normalized spacial score (nSPS) is 34.5. The minimum absolute atomic E-state index is 0.00640. The number of nitrogens with zero attached hydrogens (tertiary/aromatic N) is 2. The van der Waals surface area contributed by atoms with Gasteiger partial charge in [-0.2, -0.15) is 0 Å². The molecule has 5 atom stereocenters. The number of carbonyl (C=O) groups excluding carboxylic acids is 1. The van der Waals surface area contributed by atoms with Gasteiger partial charge in [0.05, 0.1) is 29.4 Å². The van der Waals surface area contributed by atoms with Gasteiger partial charge in [0.15, 0.2) is 0 Å². The summed E-state index contributed by atoms with van der Waals surface area (Å²) in [6.07, 6.45) is 5.29. The summed E-state index contributed by atoms with van der Waals surface area (Å²) >= 11 is 0. The zero-order chi connectivity index (χ0) is 23.2. The van der Waals surface area contributed by atoms with E-state index >= 15 is 0 Å². The highest BCUT2D eigenvalue weighted by Gasteiger charge is 2.61. The number of nitrogens with one attached hydrogen (secondary N) is 1. The van der Waals surface area contributed by atoms with Crippen LogP contribution in [0, 0.1) is 17.7 Å². The lowest BCUT2D eigenvalue weighted by Gasteiger charge is -2.54. The number of hydrogen-bond acceptors (Lipinski definition) is 4. The maximum atomic E-state index is 14.5. The second-order valence-corrected chi connectivity index (χ2v) is 10.4. The maximum Gasteiger partial charge on any atom is 0.408 e. The summed E-state index contributed by atoms with van der Waals surface area (Å²) in [4.78, 5) is 28.9. The van der Waals surface area contributed by atoms with Crippen LogP contribution in [0.15, 0.2) is 24.3 Å². The molecule has 5 rings (SSSR count). The molecule has 0 radical (unpaired) electrons. The molecular formula is C25H34FN3O4. The standard InChI is InChI=1S/C25H34FN3O4/c26-18-9-3-4-10-19(18)28-13-5-8-17(15-28)25-12-11-20(29(25)24(32)33)22(21(30)14-25)27-23(31)16-6-1-2-7-16/h3-4,9-10,16-17,20-22,30H,1-2,5-8,11-15H2,(H,27,31)(H,32,33). The molecule has 1 aliphatic carbocycles. The van der Waals surface area contributed by atoms with Crippen molar-refractivity contribution in [1.29, 1.82) is 0 Å². The van der Waals surface area contributed by atoms with E-state index in [4.69, 9.17) is 0 Å². The van der Waals surface area contributed by atoms with Crippen LogP contribution in [-0.2, 0) is 4.79 Å². The molecule has 3 heterocycles. The van der Waals surface area contributed by atoms with Crippen LogP contribution in [0.1, 0.15) is 57.8 Å². The van der Waals surface area contributed by atoms with Crippen molar-refractivity contribution in [3.8, 4) is 0 Å². The van der Waals surface area contributed by atoms with Gasteiger partial charge in [0, 0.05) is 24.9 Å². The molecule has 3 saturated heterocycles. The van der Waals surface area contributed by atoms with E-state index in [0.29, 0.717) is 31.5 Å². The van der Waals surface area contributed by atoms with Gasteiger partial charge in [-0.15, -0.1) is 0 Å². The van der Waals surface area contributed by atoms with Gasteiger partial charge in [0.25, 0.3) is 0 Å². The number of piperidine rings is 2. The topological polar surface area (TPSA) is 93.1 Å². The number of para-hydroxylation sites is 1. The Kier molecular flexibility index (Phi) is 5.97. The lowest BCUT2D eigenvalue weighted by molar-refractivity contribution is -0.129. The Morgan fingerprint density at radius 1 is 1.09 bits per heavy atom. The van der Waals surface area contributed by atoms with E-state index in [2.05, 4.69) is 5.32 Å². The van der Waals surface area contributed by atoms with E-state index in [9.17, 15) is 24.2 Å². The molecule has 5 unspecified atom stereocenters. The van der Waals surface area contributed by atoms with Crippen LogP contribution in [0.25, 0.3) is 0 Å². The number of aliphatic hydroxyl groups excluding tert-OH is 1. The van der Waals surface area contributed by atoms with Crippen LogP contribution in [0.2, 0.25) is 0 Å². The smallest absolute Gasteiger partial charge is 0.408 e. The number of carboxylic acid groups (broad SMARTS) is 1. The van der Waals surface area contributed by atoms with Crippen molar-refractivity contribution in [1.82, 2.24) is 10.2 Å². The first-order valence-electron chi connectivity index (χ1n) is 12.4. The van der Waals surface area contributed by atoms with Crippen LogP contribution >= 0.6 is 0 Å². The molecule has 4 fully saturated rings. The zero-order valence-corrected chi connectivity index (χ0v) is 19.0. The van der Waals surface area contributed by atoms with Crippen LogP contribution in [0.3, 0.4) is 0 Å². The van der Waals surface area contributed by atoms with E-state index in [1.165, 1.54) is 6.07 Å². The first kappa shape index (κ1) is 22.4. The molecule has 1 saturated carbocycles. The van der Waals surface area contributed by atoms with E-state index in [1.54, 1.807) is 17.0 Å². The van der Waals surface area contributed by atoms with Gasteiger partial charge < -0.3 is 20.4 Å². The Morgan fingerprint density at radius 2 is 1.85 bits per heavy atom. The third kappa shape index (κ3) is 3.86. The van der Waals surface area contributed by atoms with Crippen LogP contribution < -0.4 is 10.2 Å². The Morgan fingerprint density at radius 3 is 2.58 bits per heavy atom. The van der Waals surface area contributed by atoms with E-state index in [-0.39, 0.29) is 23.6 Å². The number of benzene rings is 1. The monoisotopic (exact) mass is 459 g/mol. The molecule has 0 spiro atoms. The molecule has 3 N–H and O–H groups in total. The van der Waals surface area contributed by atoms with E-state index < -0.39 is 29.8 Å². The van der Waals surface area contributed by atoms with Crippen LogP contribution in [0.4, 0.5) is 14.9 Å². The highest BCUT2D eigenvalue weighted by atomic mass is 19.1. The summed E-state index contributed by atoms with van der Waals surface area (Å²) in [6, 6.07) is 5.71. The number of fused-ring (bicyclic) bond motifs is 2. The molecule has 7 nitrogen and oxygen atoms in total. The van der Waals surface area contributed by atoms with Crippen molar-refractivity contribution in [3.63, 3.8) is 0 Å². The van der Waals surface area contributed by atoms with Gasteiger partial charge in [-0.3, -0.25) is 9.69 Å². The molecule has 3 aliphatic heterocycles. The average molecular weight is 460 g/mol. The van der Waals surface area contributed by atoms with E-state index in [0.717, 1.165) is 45.1 Å². The highest BCUT2D eigenvalue weighted by molar-refractivity contribution is 5.79. The summed E-state index contributed by atoms with van der Waals surface area (Å²) in [7, 11) is 0. The Hall–Kier alpha value is -2.35. The van der Waals surface area contributed by atoms with Crippen molar-refractivity contribution in [3.05, 3.63) is 30.1 Å². The summed E-state index contributed by atoms with van der Waals surface area (Å²) in [6.45, 7) is 1.29. The molecule has 0 aromatic heterocycles. The molecule has 2 amide bonds. The second kappa shape index (κ2) is 8.78. The maximum absolute atomic E-state index is 14.5. The molecule has 1 aromatic rings. The lowest BCUT2D eigenvalue weighted by atomic mass is 9.71. The number of anilines is 1. The van der Waals surface area contributed by atoms with Gasteiger partial charge in [-0.25, -0.2) is 9.18 Å². The van der Waals surface area contributed by atoms with Gasteiger partial charge in [-0.1, -0.05) is 25.0 Å². The molecule has 33 heavy (non-hydrogen) atoms. The molecule has 180 valence electrons. The van der Waals surface area contributed by atoms with E-state index in [1.807, 2.05) is 11.0 Å². The first-order valence-corrected chi connectivity index (χ1v) is 12.4. The summed E-state index contributed by atoms with van der Waals surface area (Å²) in [5.41, 5.74) is -0.137. The fraction of sp³-hybridized carbons (Fsp3) is 0.680. The van der Waals surface area contributed by atoms with Crippen molar-refractivity contribution >= 4 is 17.7 Å². The number of hydrogen-bond donors (Lipinski definition) is 3. The van der Waals surface area contributed by atoms with Crippen molar-refractivity contribution in [2.24, 2.45) is 11.8 Å². The molecule has 4 aliphatic rings. The predicted molar refractivity (Wildman–Crippen MR) is 121 cm³/mol. The Balaban J connectivity index is 1.38. The number of halogens is 1. The molecule has 1 aromatic carbocycles. The highest BCUT2D eigenvalue weighted by Crippen LogP contribution is 2.51. The average Bonchev–Trinajstić information content (AvgIpc) is 3.44. The quantitative estimate of drug-likeness (QED) is 0.642. The fourth-order valence-corrected chi connectivity index (χ4v) is 7.17. The second-order valence-electron chi connectivity index (χ2n) is 10.4. The minimum Gasteiger partial charge on any atom is -0.465 e. The van der Waals surface area contributed by atoms with Crippen LogP contribution in [-0.4, -0.2) is 63.9 Å². The number of amides is 2. The third-order valence-electron chi connectivity index (χ3n) is 8.69. The van der Waals surface area contributed by atoms with Gasteiger partial charge in [0.1, 0.15) is 5.82 Å². The Labute approximate surface area is 193 Å². The zero-order valence-electron chi connectivity index (χ0n) is 19.0. The first-order chi connectivity index (χ1) is 15.9. The SMILES string of the molecule is O=C(NC1C(O)CC2(C3CCCN(c4ccccc4F)C3)CCC1N2C(=O)O)C1CCCC1. The third-order valence-corrected chi connectivity index (χ3v) is 8.69. The van der Waals surface area contributed by atoms with Crippen molar-refractivity contribution in [2.75, 3.05) is 18.0 Å². The molecule has 2 bridgehead atoms. The number of aliphatic hydroxyl groups is 1. The molecular weight excluding hydrogens is 425 g/mol. The van der Waals surface area contributed by atoms with Crippen molar-refractivity contribution < 1.29 is 24.2 Å². The summed E-state index contributed by atoms with van der Waals surface area (Å²) in [5.74, 6) is -0.359. The number of carbonyl (C=O) groups is 2. The van der Waals surface area contributed by atoms with Gasteiger partial charge >= 0.3 is 6.09 Å². The summed E-state index contributed by atoms with van der Waals surface area (Å²) < 4.78 is 14.5. The van der Waals surface area contributed by atoms with Gasteiger partial charge in [0.2, 0.25) is 5.91 Å².